The molecule has 1 aromatic heterocycles. The van der Waals surface area contributed by atoms with E-state index < -0.39 is 0 Å². The molecule has 96 valence electrons. The Balaban J connectivity index is 2.13. The summed E-state index contributed by atoms with van der Waals surface area (Å²) >= 11 is 0. The molecule has 0 radical (unpaired) electrons. The first-order valence-corrected chi connectivity index (χ1v) is 5.86. The van der Waals surface area contributed by atoms with Gasteiger partial charge in [0.1, 0.15) is 5.82 Å². The van der Waals surface area contributed by atoms with Gasteiger partial charge in [0.2, 0.25) is 5.91 Å². The number of hydrogen-bond acceptors (Lipinski definition) is 4. The second kappa shape index (κ2) is 5.05. The van der Waals surface area contributed by atoms with Crippen LogP contribution in [0.5, 0.6) is 0 Å². The number of hydrogen-bond donors (Lipinski definition) is 0. The molecule has 1 aromatic rings. The lowest BCUT2D eigenvalue weighted by molar-refractivity contribution is -0.117. The van der Waals surface area contributed by atoms with Gasteiger partial charge in [0.25, 0.3) is 5.95 Å². The number of rotatable bonds is 4. The quantitative estimate of drug-likeness (QED) is 0.452. The van der Waals surface area contributed by atoms with Gasteiger partial charge in [0.05, 0.1) is 0 Å². The molecule has 1 atom stereocenters. The molecular weight excluding hydrogens is 234 g/mol. The van der Waals surface area contributed by atoms with Crippen molar-refractivity contribution in [1.82, 2.24) is 14.8 Å². The van der Waals surface area contributed by atoms with E-state index in [0.29, 0.717) is 25.5 Å². The van der Waals surface area contributed by atoms with Crippen LogP contribution in [0.2, 0.25) is 0 Å². The van der Waals surface area contributed by atoms with Crippen LogP contribution in [0.3, 0.4) is 0 Å². The highest BCUT2D eigenvalue weighted by Crippen LogP contribution is 2.22. The lowest BCUT2D eigenvalue weighted by Crippen LogP contribution is -2.26. The predicted octanol–water partition coefficient (Wildman–Crippen LogP) is 1.04. The first kappa shape index (κ1) is 12.4. The Bertz CT molecular complexity index is 502. The number of carbonyl (C=O) groups excluding carboxylic acids is 1. The molecule has 2 rings (SSSR count). The first-order chi connectivity index (χ1) is 8.65. The Kier molecular flexibility index (Phi) is 3.47. The van der Waals surface area contributed by atoms with Crippen LogP contribution < -0.4 is 4.90 Å². The lowest BCUT2D eigenvalue weighted by atomic mass is 10.1. The zero-order valence-corrected chi connectivity index (χ0v) is 10.4. The minimum Gasteiger partial charge on any atom is -0.279 e. The van der Waals surface area contributed by atoms with Gasteiger partial charge in [-0.05, 0) is 11.4 Å². The topological polar surface area (TPSA) is 99.8 Å². The van der Waals surface area contributed by atoms with Gasteiger partial charge in [-0.3, -0.25) is 14.4 Å². The molecule has 1 aliphatic rings. The maximum atomic E-state index is 11.9. The summed E-state index contributed by atoms with van der Waals surface area (Å²) in [5.41, 5.74) is 8.28. The molecule has 8 nitrogen and oxygen atoms in total. The van der Waals surface area contributed by atoms with Crippen LogP contribution in [0.4, 0.5) is 5.95 Å². The third kappa shape index (κ3) is 2.28. The van der Waals surface area contributed by atoms with Gasteiger partial charge in [0.15, 0.2) is 0 Å². The molecule has 1 amide bonds. The van der Waals surface area contributed by atoms with Crippen LogP contribution in [0, 0.1) is 5.92 Å². The van der Waals surface area contributed by atoms with E-state index in [9.17, 15) is 4.79 Å². The summed E-state index contributed by atoms with van der Waals surface area (Å²) in [7, 11) is 1.81. The van der Waals surface area contributed by atoms with Crippen LogP contribution in [0.1, 0.15) is 19.2 Å². The maximum Gasteiger partial charge on any atom is 0.251 e. The second-order valence-electron chi connectivity index (χ2n) is 4.29. The average molecular weight is 249 g/mol. The highest BCUT2D eigenvalue weighted by atomic mass is 16.2. The monoisotopic (exact) mass is 249 g/mol. The minimum atomic E-state index is -0.0126. The Hall–Kier alpha value is -2.08. The van der Waals surface area contributed by atoms with Crippen LogP contribution in [-0.2, 0) is 18.3 Å². The number of nitrogens with zero attached hydrogens (tertiary/aromatic N) is 7. The summed E-state index contributed by atoms with van der Waals surface area (Å²) in [6.45, 7) is 2.85. The number of aryl methyl sites for hydroxylation is 2. The van der Waals surface area contributed by atoms with Gasteiger partial charge in [-0.1, -0.05) is 12.0 Å². The lowest BCUT2D eigenvalue weighted by Gasteiger charge is -2.10. The van der Waals surface area contributed by atoms with E-state index in [1.165, 1.54) is 0 Å². The van der Waals surface area contributed by atoms with Crippen molar-refractivity contribution in [3.05, 3.63) is 16.3 Å². The fourth-order valence-electron chi connectivity index (χ4n) is 2.07. The van der Waals surface area contributed by atoms with Crippen molar-refractivity contribution < 1.29 is 4.79 Å². The summed E-state index contributed by atoms with van der Waals surface area (Å²) in [6.07, 6.45) is 1.16. The summed E-state index contributed by atoms with van der Waals surface area (Å²) in [6, 6.07) is 0. The average Bonchev–Trinajstić information content (AvgIpc) is 2.89. The molecule has 0 aliphatic carbocycles. The van der Waals surface area contributed by atoms with Crippen LogP contribution >= 0.6 is 0 Å². The number of aromatic nitrogens is 3. The maximum absolute atomic E-state index is 11.9. The van der Waals surface area contributed by atoms with E-state index in [2.05, 4.69) is 20.1 Å². The van der Waals surface area contributed by atoms with Crippen molar-refractivity contribution in [2.45, 2.75) is 19.8 Å². The van der Waals surface area contributed by atoms with Gasteiger partial charge in [-0.15, -0.1) is 5.10 Å². The van der Waals surface area contributed by atoms with Crippen molar-refractivity contribution in [3.63, 3.8) is 0 Å². The third-order valence-electron chi connectivity index (χ3n) is 3.01. The molecule has 0 bridgehead atoms. The van der Waals surface area contributed by atoms with Crippen LogP contribution in [0.15, 0.2) is 5.11 Å². The Morgan fingerprint density at radius 3 is 3.00 bits per heavy atom. The van der Waals surface area contributed by atoms with Crippen LogP contribution in [-0.4, -0.2) is 33.8 Å². The number of azide groups is 1. The number of amides is 1. The second-order valence-corrected chi connectivity index (χ2v) is 4.29. The minimum absolute atomic E-state index is 0.0126. The van der Waals surface area contributed by atoms with Gasteiger partial charge in [-0.2, -0.15) is 4.98 Å². The van der Waals surface area contributed by atoms with Crippen molar-refractivity contribution in [2.75, 3.05) is 18.0 Å². The molecule has 0 saturated carbocycles. The van der Waals surface area contributed by atoms with E-state index in [4.69, 9.17) is 5.53 Å². The van der Waals surface area contributed by atoms with Gasteiger partial charge < -0.3 is 0 Å². The molecule has 0 spiro atoms. The van der Waals surface area contributed by atoms with Gasteiger partial charge >= 0.3 is 0 Å². The van der Waals surface area contributed by atoms with E-state index in [1.54, 1.807) is 9.58 Å². The molecule has 0 N–H and O–H groups in total. The predicted molar refractivity (Wildman–Crippen MR) is 64.9 cm³/mol. The molecule has 1 saturated heterocycles. The standard InChI is InChI=1S/C10H15N7O/c1-3-8-13-10(14-16(8)2)17-6-7(4-9(17)18)5-12-15-11/h7H,3-6H2,1-2H3. The highest BCUT2D eigenvalue weighted by Gasteiger charge is 2.32. The molecule has 1 aliphatic heterocycles. The van der Waals surface area contributed by atoms with Gasteiger partial charge in [-0.25, -0.2) is 0 Å². The van der Waals surface area contributed by atoms with Gasteiger partial charge in [0, 0.05) is 37.9 Å². The van der Waals surface area contributed by atoms with Crippen molar-refractivity contribution in [3.8, 4) is 0 Å². The van der Waals surface area contributed by atoms with E-state index in [1.807, 2.05) is 14.0 Å². The Morgan fingerprint density at radius 1 is 1.61 bits per heavy atom. The molecule has 8 heteroatoms. The molecule has 2 heterocycles. The highest BCUT2D eigenvalue weighted by molar-refractivity contribution is 5.94. The summed E-state index contributed by atoms with van der Waals surface area (Å²) in [5, 5.41) is 7.75. The Morgan fingerprint density at radius 2 is 2.39 bits per heavy atom. The summed E-state index contributed by atoms with van der Waals surface area (Å²) in [5.74, 6) is 1.34. The smallest absolute Gasteiger partial charge is 0.251 e. The number of anilines is 1. The van der Waals surface area contributed by atoms with E-state index >= 15 is 0 Å². The van der Waals surface area contributed by atoms with E-state index in [0.717, 1.165) is 12.2 Å². The fourth-order valence-corrected chi connectivity index (χ4v) is 2.07. The first-order valence-electron chi connectivity index (χ1n) is 5.86. The fraction of sp³-hybridized carbons (Fsp3) is 0.700. The number of carbonyl (C=O) groups is 1. The molecule has 1 unspecified atom stereocenters. The zero-order chi connectivity index (χ0) is 13.1. The summed E-state index contributed by atoms with van der Waals surface area (Å²) in [4.78, 5) is 20.5. The van der Waals surface area contributed by atoms with Crippen LogP contribution in [0.25, 0.3) is 10.4 Å². The third-order valence-corrected chi connectivity index (χ3v) is 3.01. The molecular formula is C10H15N7O. The van der Waals surface area contributed by atoms with Crippen molar-refractivity contribution in [2.24, 2.45) is 18.1 Å². The SMILES string of the molecule is CCc1nc(N2CC(CN=[N+]=[N-])CC2=O)nn1C. The van der Waals surface area contributed by atoms with Crippen molar-refractivity contribution >= 4 is 11.9 Å². The zero-order valence-electron chi connectivity index (χ0n) is 10.4. The normalized spacial score (nSPS) is 19.1. The van der Waals surface area contributed by atoms with E-state index in [-0.39, 0.29) is 11.8 Å². The summed E-state index contributed by atoms with van der Waals surface area (Å²) < 4.78 is 1.68. The molecule has 1 fully saturated rings. The van der Waals surface area contributed by atoms with Crippen molar-refractivity contribution in [1.29, 1.82) is 0 Å². The Labute approximate surface area is 104 Å². The largest absolute Gasteiger partial charge is 0.279 e. The molecule has 18 heavy (non-hydrogen) atoms. The molecule has 0 aromatic carbocycles.